The number of carbonyl (C=O) groups excluding carboxylic acids is 1. The van der Waals surface area contributed by atoms with Gasteiger partial charge in [-0.2, -0.15) is 0 Å². The summed E-state index contributed by atoms with van der Waals surface area (Å²) in [6, 6.07) is 6.23. The number of rotatable bonds is 6. The zero-order valence-electron chi connectivity index (χ0n) is 15.6. The molecule has 1 aromatic heterocycles. The van der Waals surface area contributed by atoms with Gasteiger partial charge in [0, 0.05) is 24.7 Å². The second-order valence-corrected chi connectivity index (χ2v) is 7.26. The number of aryl methyl sites for hydroxylation is 1. The first-order valence-electron chi connectivity index (χ1n) is 9.19. The Labute approximate surface area is 150 Å². The van der Waals surface area contributed by atoms with Crippen molar-refractivity contribution in [1.29, 1.82) is 0 Å². The summed E-state index contributed by atoms with van der Waals surface area (Å²) in [7, 11) is 4.13. The van der Waals surface area contributed by atoms with Gasteiger partial charge >= 0.3 is 6.09 Å². The quantitative estimate of drug-likeness (QED) is 0.808. The van der Waals surface area contributed by atoms with E-state index in [1.165, 1.54) is 24.0 Å². The topological polar surface area (TPSA) is 37.7 Å². The van der Waals surface area contributed by atoms with Crippen molar-refractivity contribution in [2.24, 2.45) is 0 Å². The van der Waals surface area contributed by atoms with E-state index in [1.807, 2.05) is 18.3 Å². The second kappa shape index (κ2) is 8.02. The minimum atomic E-state index is -0.274. The lowest BCUT2D eigenvalue weighted by molar-refractivity contribution is 0.135. The van der Waals surface area contributed by atoms with Crippen molar-refractivity contribution in [3.8, 4) is 0 Å². The number of benzene rings is 1. The highest BCUT2D eigenvalue weighted by Gasteiger charge is 2.16. The molecule has 5 nitrogen and oxygen atoms in total. The smallest absolute Gasteiger partial charge is 0.418 e. The summed E-state index contributed by atoms with van der Waals surface area (Å²) in [6.07, 6.45) is 5.10. The maximum absolute atomic E-state index is 12.6. The van der Waals surface area contributed by atoms with E-state index in [2.05, 4.69) is 36.9 Å². The van der Waals surface area contributed by atoms with Crippen molar-refractivity contribution in [1.82, 2.24) is 14.4 Å². The molecular formula is C20H29N3O2. The molecule has 3 rings (SSSR count). The SMILES string of the molecule is Cc1ccc2c(c1)c(CCN(C)C)cn2C(=O)OCCN1CCCC1. The number of hydrogen-bond donors (Lipinski definition) is 0. The van der Waals surface area contributed by atoms with E-state index in [0.717, 1.165) is 43.5 Å². The third kappa shape index (κ3) is 4.41. The Kier molecular flexibility index (Phi) is 5.76. The Morgan fingerprint density at radius 3 is 2.72 bits per heavy atom. The molecule has 136 valence electrons. The molecule has 5 heteroatoms. The highest BCUT2D eigenvalue weighted by atomic mass is 16.5. The van der Waals surface area contributed by atoms with Crippen LogP contribution in [0.25, 0.3) is 10.9 Å². The average molecular weight is 343 g/mol. The first-order valence-corrected chi connectivity index (χ1v) is 9.19. The summed E-state index contributed by atoms with van der Waals surface area (Å²) < 4.78 is 7.21. The first-order chi connectivity index (χ1) is 12.0. The molecule has 25 heavy (non-hydrogen) atoms. The number of ether oxygens (including phenoxy) is 1. The summed E-state index contributed by atoms with van der Waals surface area (Å²) in [5.41, 5.74) is 3.34. The Morgan fingerprint density at radius 2 is 2.00 bits per heavy atom. The van der Waals surface area contributed by atoms with Crippen molar-refractivity contribution in [2.75, 3.05) is 46.9 Å². The molecule has 0 spiro atoms. The Balaban J connectivity index is 1.73. The van der Waals surface area contributed by atoms with Gasteiger partial charge in [-0.15, -0.1) is 0 Å². The van der Waals surface area contributed by atoms with Crippen molar-refractivity contribution < 1.29 is 9.53 Å². The summed E-state index contributed by atoms with van der Waals surface area (Å²) >= 11 is 0. The Bertz CT molecular complexity index is 730. The van der Waals surface area contributed by atoms with Gasteiger partial charge in [0.2, 0.25) is 0 Å². The lowest BCUT2D eigenvalue weighted by Gasteiger charge is -2.14. The Morgan fingerprint density at radius 1 is 1.24 bits per heavy atom. The number of nitrogens with zero attached hydrogens (tertiary/aromatic N) is 3. The molecule has 1 aliphatic rings. The molecule has 0 bridgehead atoms. The predicted molar refractivity (Wildman–Crippen MR) is 101 cm³/mol. The molecular weight excluding hydrogens is 314 g/mol. The van der Waals surface area contributed by atoms with Gasteiger partial charge in [0.05, 0.1) is 5.52 Å². The van der Waals surface area contributed by atoms with Gasteiger partial charge in [0.25, 0.3) is 0 Å². The van der Waals surface area contributed by atoms with E-state index in [1.54, 1.807) is 4.57 Å². The van der Waals surface area contributed by atoms with E-state index >= 15 is 0 Å². The number of aromatic nitrogens is 1. The van der Waals surface area contributed by atoms with E-state index in [9.17, 15) is 4.79 Å². The molecule has 1 aliphatic heterocycles. The van der Waals surface area contributed by atoms with E-state index in [0.29, 0.717) is 6.61 Å². The van der Waals surface area contributed by atoms with Gasteiger partial charge in [-0.3, -0.25) is 9.47 Å². The van der Waals surface area contributed by atoms with Crippen LogP contribution in [0.5, 0.6) is 0 Å². The zero-order valence-corrected chi connectivity index (χ0v) is 15.6. The van der Waals surface area contributed by atoms with Crippen molar-refractivity contribution in [3.63, 3.8) is 0 Å². The number of carbonyl (C=O) groups is 1. The zero-order chi connectivity index (χ0) is 17.8. The highest BCUT2D eigenvalue weighted by molar-refractivity contribution is 5.92. The number of likely N-dealkylation sites (tertiary alicyclic amines) is 1. The molecule has 1 aromatic carbocycles. The van der Waals surface area contributed by atoms with E-state index in [-0.39, 0.29) is 6.09 Å². The normalized spacial score (nSPS) is 15.4. The molecule has 0 N–H and O–H groups in total. The van der Waals surface area contributed by atoms with Gasteiger partial charge in [-0.05, 0) is 71.1 Å². The molecule has 0 atom stereocenters. The summed E-state index contributed by atoms with van der Waals surface area (Å²) in [5, 5.41) is 1.15. The molecule has 1 saturated heterocycles. The van der Waals surface area contributed by atoms with Crippen LogP contribution in [0.2, 0.25) is 0 Å². The summed E-state index contributed by atoms with van der Waals surface area (Å²) in [5.74, 6) is 0. The second-order valence-electron chi connectivity index (χ2n) is 7.26. The number of fused-ring (bicyclic) bond motifs is 1. The lowest BCUT2D eigenvalue weighted by atomic mass is 10.1. The predicted octanol–water partition coefficient (Wildman–Crippen LogP) is 3.13. The minimum Gasteiger partial charge on any atom is -0.448 e. The van der Waals surface area contributed by atoms with Gasteiger partial charge in [0.1, 0.15) is 6.61 Å². The van der Waals surface area contributed by atoms with Crippen LogP contribution in [0.1, 0.15) is 24.0 Å². The van der Waals surface area contributed by atoms with Crippen molar-refractivity contribution in [3.05, 3.63) is 35.5 Å². The van der Waals surface area contributed by atoms with Crippen LogP contribution in [0, 0.1) is 6.92 Å². The molecule has 0 saturated carbocycles. The van der Waals surface area contributed by atoms with Crippen LogP contribution in [-0.2, 0) is 11.2 Å². The maximum atomic E-state index is 12.6. The number of hydrogen-bond acceptors (Lipinski definition) is 4. The Hall–Kier alpha value is -1.85. The van der Waals surface area contributed by atoms with Crippen LogP contribution in [0.15, 0.2) is 24.4 Å². The fourth-order valence-corrected chi connectivity index (χ4v) is 3.44. The first kappa shape index (κ1) is 18.0. The molecule has 2 aromatic rings. The lowest BCUT2D eigenvalue weighted by Crippen LogP contribution is -2.26. The molecule has 0 amide bonds. The largest absolute Gasteiger partial charge is 0.448 e. The van der Waals surface area contributed by atoms with Crippen molar-refractivity contribution in [2.45, 2.75) is 26.2 Å². The van der Waals surface area contributed by atoms with Crippen molar-refractivity contribution >= 4 is 17.0 Å². The van der Waals surface area contributed by atoms with Gasteiger partial charge < -0.3 is 9.64 Å². The third-order valence-corrected chi connectivity index (χ3v) is 4.90. The molecule has 0 aliphatic carbocycles. The highest BCUT2D eigenvalue weighted by Crippen LogP contribution is 2.24. The van der Waals surface area contributed by atoms with Crippen LogP contribution in [0.4, 0.5) is 4.79 Å². The van der Waals surface area contributed by atoms with Crippen LogP contribution < -0.4 is 0 Å². The van der Waals surface area contributed by atoms with Gasteiger partial charge in [-0.25, -0.2) is 4.79 Å². The third-order valence-electron chi connectivity index (χ3n) is 4.90. The number of likely N-dealkylation sites (N-methyl/N-ethyl adjacent to an activating group) is 1. The van der Waals surface area contributed by atoms with E-state index < -0.39 is 0 Å². The molecule has 2 heterocycles. The standard InChI is InChI=1S/C20H29N3O2/c1-16-6-7-19-18(14-16)17(8-11-21(2)3)15-23(19)20(24)25-13-12-22-9-4-5-10-22/h6-7,14-15H,4-5,8-13H2,1-3H3. The monoisotopic (exact) mass is 343 g/mol. The van der Waals surface area contributed by atoms with Crippen LogP contribution in [0.3, 0.4) is 0 Å². The van der Waals surface area contributed by atoms with Gasteiger partial charge in [0.15, 0.2) is 0 Å². The fraction of sp³-hybridized carbons (Fsp3) is 0.550. The summed E-state index contributed by atoms with van der Waals surface area (Å²) in [4.78, 5) is 17.1. The maximum Gasteiger partial charge on any atom is 0.418 e. The molecule has 1 fully saturated rings. The molecule has 0 unspecified atom stereocenters. The van der Waals surface area contributed by atoms with Crippen LogP contribution in [-0.4, -0.2) is 67.3 Å². The van der Waals surface area contributed by atoms with Crippen LogP contribution >= 0.6 is 0 Å². The van der Waals surface area contributed by atoms with E-state index in [4.69, 9.17) is 4.74 Å². The fourth-order valence-electron chi connectivity index (χ4n) is 3.44. The summed E-state index contributed by atoms with van der Waals surface area (Å²) in [6.45, 7) is 6.57. The average Bonchev–Trinajstić information content (AvgIpc) is 3.20. The minimum absolute atomic E-state index is 0.274. The molecule has 0 radical (unpaired) electrons. The van der Waals surface area contributed by atoms with Gasteiger partial charge in [-0.1, -0.05) is 11.6 Å².